The normalized spacial score (nSPS) is 21.4. The van der Waals surface area contributed by atoms with Crippen molar-refractivity contribution in [3.63, 3.8) is 0 Å². The Morgan fingerprint density at radius 3 is 2.59 bits per heavy atom. The number of aryl methyl sites for hydroxylation is 1. The van der Waals surface area contributed by atoms with Crippen LogP contribution >= 0.6 is 0 Å². The van der Waals surface area contributed by atoms with Crippen molar-refractivity contribution >= 4 is 23.5 Å². The van der Waals surface area contributed by atoms with Crippen molar-refractivity contribution in [1.82, 2.24) is 5.32 Å². The Hall–Kier alpha value is -3.66. The minimum atomic E-state index is -0.863. The second-order valence-corrected chi connectivity index (χ2v) is 10.0. The number of fused-ring (bicyclic) bond motifs is 2. The van der Waals surface area contributed by atoms with Crippen LogP contribution < -0.4 is 10.6 Å². The Kier molecular flexibility index (Phi) is 5.94. The van der Waals surface area contributed by atoms with Crippen molar-refractivity contribution in [3.05, 3.63) is 64.2 Å². The SMILES string of the molecule is CNC(=O)c1ccc2c(c1)[C@@]1(CC1C(=O)Nc1cc(C#N)ccc1CCCC(=O)O)CC2(C)C. The standard InChI is InChI=1S/C27H29N3O4/c1-26(2)15-27(20-12-18(24(33)29-3)9-10-19(20)26)13-21(27)25(34)30-22-11-16(14-28)7-8-17(22)5-4-6-23(31)32/h7-12,21H,4-6,13,15H2,1-3H3,(H,29,33)(H,30,34)(H,31,32)/t21?,27-/m1/s1. The third-order valence-corrected chi connectivity index (χ3v) is 7.26. The van der Waals surface area contributed by atoms with Crippen LogP contribution in [0, 0.1) is 17.2 Å². The first-order valence-corrected chi connectivity index (χ1v) is 11.5. The lowest BCUT2D eigenvalue weighted by Gasteiger charge is -2.19. The number of nitrogens with zero attached hydrogens (tertiary/aromatic N) is 1. The molecule has 2 aliphatic carbocycles. The first-order chi connectivity index (χ1) is 16.1. The maximum atomic E-state index is 13.4. The fourth-order valence-electron chi connectivity index (χ4n) is 5.58. The fourth-order valence-corrected chi connectivity index (χ4v) is 5.58. The maximum Gasteiger partial charge on any atom is 0.303 e. The summed E-state index contributed by atoms with van der Waals surface area (Å²) in [6.07, 6.45) is 2.52. The summed E-state index contributed by atoms with van der Waals surface area (Å²) < 4.78 is 0. The number of amides is 2. The molecule has 1 unspecified atom stereocenters. The molecule has 1 saturated carbocycles. The molecule has 0 aliphatic heterocycles. The van der Waals surface area contributed by atoms with Gasteiger partial charge in [-0.1, -0.05) is 26.0 Å². The smallest absolute Gasteiger partial charge is 0.303 e. The second kappa shape index (κ2) is 8.60. The minimum Gasteiger partial charge on any atom is -0.481 e. The van der Waals surface area contributed by atoms with Crippen LogP contribution in [0.3, 0.4) is 0 Å². The summed E-state index contributed by atoms with van der Waals surface area (Å²) in [4.78, 5) is 36.5. The van der Waals surface area contributed by atoms with Crippen LogP contribution in [0.25, 0.3) is 0 Å². The molecule has 34 heavy (non-hydrogen) atoms. The summed E-state index contributed by atoms with van der Waals surface area (Å²) in [5.41, 5.74) is 4.25. The lowest BCUT2D eigenvalue weighted by atomic mass is 9.85. The number of anilines is 1. The largest absolute Gasteiger partial charge is 0.481 e. The summed E-state index contributed by atoms with van der Waals surface area (Å²) in [6.45, 7) is 4.34. The summed E-state index contributed by atoms with van der Waals surface area (Å²) in [7, 11) is 1.60. The van der Waals surface area contributed by atoms with E-state index in [2.05, 4.69) is 30.6 Å². The number of aliphatic carboxylic acids is 1. The molecule has 2 amide bonds. The zero-order valence-corrected chi connectivity index (χ0v) is 19.7. The maximum absolute atomic E-state index is 13.4. The highest BCUT2D eigenvalue weighted by Crippen LogP contribution is 2.66. The van der Waals surface area contributed by atoms with E-state index in [1.165, 1.54) is 5.56 Å². The molecule has 2 atom stereocenters. The Labute approximate surface area is 199 Å². The number of nitriles is 1. The zero-order chi connectivity index (χ0) is 24.7. The molecule has 4 rings (SSSR count). The van der Waals surface area contributed by atoms with Crippen LogP contribution in [0.2, 0.25) is 0 Å². The van der Waals surface area contributed by atoms with E-state index in [1.54, 1.807) is 25.2 Å². The van der Waals surface area contributed by atoms with E-state index in [0.29, 0.717) is 36.1 Å². The predicted molar refractivity (Wildman–Crippen MR) is 128 cm³/mol. The van der Waals surface area contributed by atoms with E-state index in [9.17, 15) is 19.6 Å². The summed E-state index contributed by atoms with van der Waals surface area (Å²) in [5, 5.41) is 23.9. The number of carboxylic acids is 1. The van der Waals surface area contributed by atoms with Gasteiger partial charge in [-0.3, -0.25) is 14.4 Å². The fraction of sp³-hybridized carbons (Fsp3) is 0.407. The molecule has 7 heteroatoms. The van der Waals surface area contributed by atoms with Crippen molar-refractivity contribution < 1.29 is 19.5 Å². The molecule has 0 heterocycles. The van der Waals surface area contributed by atoms with Crippen LogP contribution in [-0.4, -0.2) is 29.9 Å². The minimum absolute atomic E-state index is 0.0403. The first kappa shape index (κ1) is 23.5. The quantitative estimate of drug-likeness (QED) is 0.580. The Balaban J connectivity index is 1.59. The molecule has 0 bridgehead atoms. The molecule has 7 nitrogen and oxygen atoms in total. The average Bonchev–Trinajstić information content (AvgIpc) is 3.47. The summed E-state index contributed by atoms with van der Waals surface area (Å²) >= 11 is 0. The van der Waals surface area contributed by atoms with Gasteiger partial charge < -0.3 is 15.7 Å². The third-order valence-electron chi connectivity index (χ3n) is 7.26. The van der Waals surface area contributed by atoms with E-state index in [-0.39, 0.29) is 35.0 Å². The Morgan fingerprint density at radius 1 is 1.15 bits per heavy atom. The van der Waals surface area contributed by atoms with E-state index < -0.39 is 5.97 Å². The van der Waals surface area contributed by atoms with Crippen molar-refractivity contribution in [2.24, 2.45) is 5.92 Å². The van der Waals surface area contributed by atoms with Gasteiger partial charge in [0.1, 0.15) is 0 Å². The molecule has 0 saturated heterocycles. The van der Waals surface area contributed by atoms with Gasteiger partial charge in [-0.15, -0.1) is 0 Å². The highest BCUT2D eigenvalue weighted by Gasteiger charge is 2.65. The van der Waals surface area contributed by atoms with Gasteiger partial charge in [0.05, 0.1) is 11.6 Å². The van der Waals surface area contributed by atoms with Gasteiger partial charge >= 0.3 is 5.97 Å². The van der Waals surface area contributed by atoms with Gasteiger partial charge in [0.25, 0.3) is 5.91 Å². The molecule has 1 fully saturated rings. The van der Waals surface area contributed by atoms with Crippen LogP contribution in [-0.2, 0) is 26.8 Å². The van der Waals surface area contributed by atoms with Crippen LogP contribution in [0.1, 0.15) is 72.1 Å². The lowest BCUT2D eigenvalue weighted by molar-refractivity contribution is -0.137. The molecule has 0 aromatic heterocycles. The monoisotopic (exact) mass is 459 g/mol. The van der Waals surface area contributed by atoms with E-state index >= 15 is 0 Å². The number of benzene rings is 2. The molecular formula is C27H29N3O4. The van der Waals surface area contributed by atoms with Gasteiger partial charge in [-0.05, 0) is 72.1 Å². The predicted octanol–water partition coefficient (Wildman–Crippen LogP) is 3.90. The van der Waals surface area contributed by atoms with Gasteiger partial charge in [-0.2, -0.15) is 5.26 Å². The van der Waals surface area contributed by atoms with Crippen molar-refractivity contribution in [2.75, 3.05) is 12.4 Å². The zero-order valence-electron chi connectivity index (χ0n) is 19.7. The number of nitrogens with one attached hydrogen (secondary N) is 2. The summed E-state index contributed by atoms with van der Waals surface area (Å²) in [6, 6.07) is 13.0. The number of hydrogen-bond donors (Lipinski definition) is 3. The van der Waals surface area contributed by atoms with Crippen LogP contribution in [0.4, 0.5) is 5.69 Å². The summed E-state index contributed by atoms with van der Waals surface area (Å²) in [5.74, 6) is -1.35. The number of carboxylic acid groups (broad SMARTS) is 1. The van der Waals surface area contributed by atoms with Crippen molar-refractivity contribution in [3.8, 4) is 6.07 Å². The molecule has 176 valence electrons. The number of carbonyl (C=O) groups is 3. The van der Waals surface area contributed by atoms with E-state index in [1.807, 2.05) is 18.2 Å². The topological polar surface area (TPSA) is 119 Å². The van der Waals surface area contributed by atoms with Crippen molar-refractivity contribution in [2.45, 2.75) is 56.8 Å². The Bertz CT molecular complexity index is 1230. The molecule has 2 aromatic rings. The third kappa shape index (κ3) is 4.16. The molecule has 1 spiro atoms. The van der Waals surface area contributed by atoms with Crippen molar-refractivity contribution in [1.29, 1.82) is 5.26 Å². The number of hydrogen-bond acceptors (Lipinski definition) is 4. The molecular weight excluding hydrogens is 430 g/mol. The van der Waals surface area contributed by atoms with Gasteiger partial charge in [0.2, 0.25) is 5.91 Å². The molecule has 3 N–H and O–H groups in total. The average molecular weight is 460 g/mol. The highest BCUT2D eigenvalue weighted by molar-refractivity contribution is 5.98. The lowest BCUT2D eigenvalue weighted by Crippen LogP contribution is -2.22. The first-order valence-electron chi connectivity index (χ1n) is 11.5. The second-order valence-electron chi connectivity index (χ2n) is 10.0. The van der Waals surface area contributed by atoms with Gasteiger partial charge in [-0.25, -0.2) is 0 Å². The molecule has 2 aromatic carbocycles. The molecule has 0 radical (unpaired) electrons. The van der Waals surface area contributed by atoms with Gasteiger partial charge in [0, 0.05) is 36.1 Å². The number of carbonyl (C=O) groups excluding carboxylic acids is 2. The van der Waals surface area contributed by atoms with Crippen LogP contribution in [0.5, 0.6) is 0 Å². The molecule has 2 aliphatic rings. The van der Waals surface area contributed by atoms with E-state index in [4.69, 9.17) is 5.11 Å². The van der Waals surface area contributed by atoms with Gasteiger partial charge in [0.15, 0.2) is 0 Å². The van der Waals surface area contributed by atoms with Crippen LogP contribution in [0.15, 0.2) is 36.4 Å². The highest BCUT2D eigenvalue weighted by atomic mass is 16.4. The number of rotatable bonds is 7. The van der Waals surface area contributed by atoms with E-state index in [0.717, 1.165) is 17.5 Å². The Morgan fingerprint density at radius 2 is 1.91 bits per heavy atom.